The van der Waals surface area contributed by atoms with Crippen LogP contribution < -0.4 is 4.90 Å². The topological polar surface area (TPSA) is 35.9 Å². The fraction of sp³-hybridized carbons (Fsp3) is 0.429. The van der Waals surface area contributed by atoms with E-state index in [9.17, 15) is 5.11 Å². The molecule has 0 bridgehead atoms. The summed E-state index contributed by atoms with van der Waals surface area (Å²) in [5.41, 5.74) is 3.81. The number of hydrogen-bond acceptors (Lipinski definition) is 4. The van der Waals surface area contributed by atoms with E-state index in [2.05, 4.69) is 65.4 Å². The quantitative estimate of drug-likeness (QED) is 0.840. The van der Waals surface area contributed by atoms with Crippen molar-refractivity contribution in [2.24, 2.45) is 0 Å². The predicted molar refractivity (Wildman–Crippen MR) is 102 cm³/mol. The molecule has 25 heavy (non-hydrogen) atoms. The Labute approximate surface area is 150 Å². The van der Waals surface area contributed by atoms with E-state index in [0.29, 0.717) is 0 Å². The molecule has 0 aliphatic carbocycles. The van der Waals surface area contributed by atoms with Crippen LogP contribution in [0.2, 0.25) is 0 Å². The van der Waals surface area contributed by atoms with E-state index in [1.54, 1.807) is 0 Å². The largest absolute Gasteiger partial charge is 0.396 e. The van der Waals surface area contributed by atoms with Crippen LogP contribution in [0.3, 0.4) is 0 Å². The number of benzene rings is 2. The summed E-state index contributed by atoms with van der Waals surface area (Å²) in [6, 6.07) is 19.5. The Kier molecular flexibility index (Phi) is 6.45. The summed E-state index contributed by atoms with van der Waals surface area (Å²) in [7, 11) is 2.13. The first-order valence-corrected chi connectivity index (χ1v) is 9.05. The lowest BCUT2D eigenvalue weighted by Gasteiger charge is -2.30. The van der Waals surface area contributed by atoms with Crippen LogP contribution in [0.4, 0.5) is 5.69 Å². The maximum absolute atomic E-state index is 9.45. The molecule has 1 aliphatic heterocycles. The summed E-state index contributed by atoms with van der Waals surface area (Å²) >= 11 is 0. The summed E-state index contributed by atoms with van der Waals surface area (Å²) in [6.45, 7) is 4.61. The van der Waals surface area contributed by atoms with Crippen molar-refractivity contribution in [3.05, 3.63) is 65.7 Å². The van der Waals surface area contributed by atoms with Crippen LogP contribution in [-0.4, -0.2) is 50.0 Å². The molecular formula is C21H28N2O2. The molecule has 0 radical (unpaired) electrons. The van der Waals surface area contributed by atoms with Crippen molar-refractivity contribution in [3.63, 3.8) is 0 Å². The molecule has 3 rings (SSSR count). The van der Waals surface area contributed by atoms with Gasteiger partial charge in [0.25, 0.3) is 0 Å². The minimum atomic E-state index is 0.194. The third-order valence-corrected chi connectivity index (χ3v) is 4.86. The maximum Gasteiger partial charge on any atom is 0.0642 e. The molecule has 1 heterocycles. The van der Waals surface area contributed by atoms with Crippen LogP contribution in [0.25, 0.3) is 0 Å². The Bertz CT molecular complexity index is 624. The third kappa shape index (κ3) is 4.82. The van der Waals surface area contributed by atoms with Gasteiger partial charge in [-0.15, -0.1) is 0 Å². The van der Waals surface area contributed by atoms with Crippen molar-refractivity contribution in [2.75, 3.05) is 44.9 Å². The molecule has 1 saturated heterocycles. The van der Waals surface area contributed by atoms with E-state index in [1.165, 1.54) is 16.8 Å². The Morgan fingerprint density at radius 1 is 1.04 bits per heavy atom. The highest BCUT2D eigenvalue weighted by Crippen LogP contribution is 2.25. The van der Waals surface area contributed by atoms with Gasteiger partial charge in [-0.1, -0.05) is 42.5 Å². The first-order chi connectivity index (χ1) is 12.3. The fourth-order valence-corrected chi connectivity index (χ4v) is 3.47. The van der Waals surface area contributed by atoms with E-state index in [4.69, 9.17) is 4.74 Å². The van der Waals surface area contributed by atoms with E-state index in [1.807, 2.05) is 6.07 Å². The molecule has 0 aromatic heterocycles. The van der Waals surface area contributed by atoms with Crippen LogP contribution >= 0.6 is 0 Å². The Balaban J connectivity index is 1.65. The molecule has 0 amide bonds. The average Bonchev–Trinajstić information content (AvgIpc) is 2.68. The molecule has 1 N–H and O–H groups in total. The highest BCUT2D eigenvalue weighted by atomic mass is 16.5. The minimum Gasteiger partial charge on any atom is -0.396 e. The fourth-order valence-electron chi connectivity index (χ4n) is 3.47. The highest BCUT2D eigenvalue weighted by Gasteiger charge is 2.17. The zero-order chi connectivity index (χ0) is 17.5. The zero-order valence-corrected chi connectivity index (χ0v) is 15.0. The Morgan fingerprint density at radius 3 is 2.36 bits per heavy atom. The van der Waals surface area contributed by atoms with Crippen LogP contribution in [-0.2, 0) is 11.3 Å². The molecule has 134 valence electrons. The Morgan fingerprint density at radius 2 is 1.72 bits per heavy atom. The SMILES string of the molecule is CN(Cc1ccc(N2CCOCC2)cc1)C(CCO)c1ccccc1. The van der Waals surface area contributed by atoms with E-state index in [0.717, 1.165) is 39.3 Å². The van der Waals surface area contributed by atoms with Gasteiger partial charge in [-0.05, 0) is 36.7 Å². The lowest BCUT2D eigenvalue weighted by atomic mass is 10.0. The van der Waals surface area contributed by atoms with Gasteiger partial charge in [0.2, 0.25) is 0 Å². The lowest BCUT2D eigenvalue weighted by molar-refractivity contribution is 0.122. The van der Waals surface area contributed by atoms with Gasteiger partial charge in [0.1, 0.15) is 0 Å². The molecule has 4 nitrogen and oxygen atoms in total. The lowest BCUT2D eigenvalue weighted by Crippen LogP contribution is -2.36. The molecular weight excluding hydrogens is 312 g/mol. The molecule has 0 spiro atoms. The number of rotatable bonds is 7. The van der Waals surface area contributed by atoms with E-state index in [-0.39, 0.29) is 12.6 Å². The number of morpholine rings is 1. The van der Waals surface area contributed by atoms with Gasteiger partial charge < -0.3 is 14.7 Å². The number of ether oxygens (including phenoxy) is 1. The normalized spacial score (nSPS) is 16.2. The molecule has 1 fully saturated rings. The number of hydrogen-bond donors (Lipinski definition) is 1. The van der Waals surface area contributed by atoms with E-state index >= 15 is 0 Å². The molecule has 1 atom stereocenters. The van der Waals surface area contributed by atoms with Gasteiger partial charge in [-0.2, -0.15) is 0 Å². The second-order valence-electron chi connectivity index (χ2n) is 6.62. The molecule has 2 aromatic carbocycles. The van der Waals surface area contributed by atoms with Crippen molar-refractivity contribution in [3.8, 4) is 0 Å². The first kappa shape index (κ1) is 17.9. The van der Waals surface area contributed by atoms with E-state index < -0.39 is 0 Å². The second-order valence-corrected chi connectivity index (χ2v) is 6.62. The summed E-state index contributed by atoms with van der Waals surface area (Å²) in [5.74, 6) is 0. The number of anilines is 1. The van der Waals surface area contributed by atoms with Gasteiger partial charge in [-0.3, -0.25) is 4.90 Å². The second kappa shape index (κ2) is 8.99. The van der Waals surface area contributed by atoms with Gasteiger partial charge in [0.05, 0.1) is 13.2 Å². The van der Waals surface area contributed by atoms with Gasteiger partial charge in [0.15, 0.2) is 0 Å². The average molecular weight is 340 g/mol. The number of aliphatic hydroxyl groups excluding tert-OH is 1. The summed E-state index contributed by atoms with van der Waals surface area (Å²) in [4.78, 5) is 4.69. The van der Waals surface area contributed by atoms with Crippen LogP contribution in [0.1, 0.15) is 23.6 Å². The maximum atomic E-state index is 9.45. The van der Waals surface area contributed by atoms with Crippen LogP contribution in [0, 0.1) is 0 Å². The van der Waals surface area contributed by atoms with Crippen LogP contribution in [0.5, 0.6) is 0 Å². The summed E-state index contributed by atoms with van der Waals surface area (Å²) < 4.78 is 5.42. The standard InChI is InChI=1S/C21H28N2O2/c1-22(21(11-14-24)19-5-3-2-4-6-19)17-18-7-9-20(10-8-18)23-12-15-25-16-13-23/h2-10,21,24H,11-17H2,1H3. The predicted octanol–water partition coefficient (Wildman–Crippen LogP) is 3.08. The van der Waals surface area contributed by atoms with Gasteiger partial charge >= 0.3 is 0 Å². The highest BCUT2D eigenvalue weighted by molar-refractivity contribution is 5.47. The first-order valence-electron chi connectivity index (χ1n) is 9.05. The van der Waals surface area contributed by atoms with Crippen molar-refractivity contribution in [2.45, 2.75) is 19.0 Å². The third-order valence-electron chi connectivity index (χ3n) is 4.86. The molecule has 1 unspecified atom stereocenters. The monoisotopic (exact) mass is 340 g/mol. The van der Waals surface area contributed by atoms with Crippen molar-refractivity contribution >= 4 is 5.69 Å². The van der Waals surface area contributed by atoms with Crippen molar-refractivity contribution in [1.82, 2.24) is 4.90 Å². The smallest absolute Gasteiger partial charge is 0.0642 e. The van der Waals surface area contributed by atoms with Gasteiger partial charge in [-0.25, -0.2) is 0 Å². The molecule has 1 aliphatic rings. The van der Waals surface area contributed by atoms with Gasteiger partial charge in [0, 0.05) is 38.0 Å². The summed E-state index contributed by atoms with van der Waals surface area (Å²) in [5, 5.41) is 9.45. The molecule has 4 heteroatoms. The minimum absolute atomic E-state index is 0.194. The Hall–Kier alpha value is -1.88. The zero-order valence-electron chi connectivity index (χ0n) is 15.0. The molecule has 0 saturated carbocycles. The van der Waals surface area contributed by atoms with Crippen molar-refractivity contribution < 1.29 is 9.84 Å². The number of nitrogens with zero attached hydrogens (tertiary/aromatic N) is 2. The molecule has 2 aromatic rings. The summed E-state index contributed by atoms with van der Waals surface area (Å²) in [6.07, 6.45) is 0.742. The van der Waals surface area contributed by atoms with Crippen molar-refractivity contribution in [1.29, 1.82) is 0 Å². The van der Waals surface area contributed by atoms with Crippen LogP contribution in [0.15, 0.2) is 54.6 Å². The number of aliphatic hydroxyl groups is 1.